The Morgan fingerprint density at radius 1 is 1.06 bits per heavy atom. The highest BCUT2D eigenvalue weighted by molar-refractivity contribution is 6.32. The van der Waals surface area contributed by atoms with Gasteiger partial charge in [-0.05, 0) is 85.6 Å². The third kappa shape index (κ3) is 9.43. The third-order valence-electron chi connectivity index (χ3n) is 8.89. The van der Waals surface area contributed by atoms with Crippen LogP contribution in [0.15, 0.2) is 48.7 Å². The van der Waals surface area contributed by atoms with Crippen molar-refractivity contribution in [3.8, 4) is 17.6 Å². The summed E-state index contributed by atoms with van der Waals surface area (Å²) in [5.41, 5.74) is 3.34. The molecule has 2 fully saturated rings. The number of nitrogens with one attached hydrogen (secondary N) is 1. The number of piperidine rings is 2. The average Bonchev–Trinajstić information content (AvgIpc) is 3.07. The van der Waals surface area contributed by atoms with Crippen molar-refractivity contribution in [3.63, 3.8) is 0 Å². The molecule has 2 aliphatic rings. The van der Waals surface area contributed by atoms with Crippen LogP contribution in [0.5, 0.6) is 11.5 Å². The molecule has 1 aromatic heterocycles. The predicted octanol–water partition coefficient (Wildman–Crippen LogP) is 7.13. The number of alkyl halides is 4. The number of nitriles is 1. The predicted molar refractivity (Wildman–Crippen MR) is 177 cm³/mol. The second-order valence-corrected chi connectivity index (χ2v) is 13.1. The Morgan fingerprint density at radius 3 is 2.29 bits per heavy atom. The van der Waals surface area contributed by atoms with Crippen molar-refractivity contribution in [2.75, 3.05) is 43.6 Å². The van der Waals surface area contributed by atoms with Gasteiger partial charge in [-0.3, -0.25) is 0 Å². The fraction of sp³-hybridized carbons (Fsp3) is 0.471. The first-order valence-electron chi connectivity index (χ1n) is 15.5. The molecule has 14 heteroatoms. The lowest BCUT2D eigenvalue weighted by Crippen LogP contribution is -2.46. The number of aliphatic carboxylic acids is 1. The molecule has 0 unspecified atom stereocenters. The minimum atomic E-state index is -5.08. The molecule has 258 valence electrons. The van der Waals surface area contributed by atoms with Gasteiger partial charge in [0, 0.05) is 24.7 Å². The van der Waals surface area contributed by atoms with Gasteiger partial charge in [0.1, 0.15) is 25.0 Å². The molecule has 2 aromatic carbocycles. The van der Waals surface area contributed by atoms with E-state index in [0.717, 1.165) is 54.7 Å². The van der Waals surface area contributed by atoms with Gasteiger partial charge < -0.3 is 24.8 Å². The molecule has 3 heterocycles. The monoisotopic (exact) mass is 707 g/mol. The Kier molecular flexibility index (Phi) is 12.4. The van der Waals surface area contributed by atoms with Crippen molar-refractivity contribution in [2.24, 2.45) is 5.41 Å². The Labute approximate surface area is 288 Å². The maximum Gasteiger partial charge on any atom is 0.490 e. The third-order valence-corrected chi connectivity index (χ3v) is 9.32. The minimum Gasteiger partial charge on any atom is -0.489 e. The van der Waals surface area contributed by atoms with E-state index in [2.05, 4.69) is 35.1 Å². The number of aromatic nitrogens is 2. The molecule has 9 nitrogen and oxygen atoms in total. The standard InChI is InChI=1S/C32H37Cl2N5O2.C2HF3O2/c1-31(2,25-19-23(21-35)29(28(34)20-25)40-18-12-33)24-3-5-27(6-4-24)41-22-26-7-13-37-30(38-26)39-16-10-32(11-17-39)8-14-36-15-9-32;3-2(4,5)1(6)7/h3-7,13,19-20,36H,8-12,14-18,22H2,1-2H3;(H,6,7). The van der Waals surface area contributed by atoms with Crippen molar-refractivity contribution >= 4 is 35.1 Å². The lowest BCUT2D eigenvalue weighted by atomic mass is 9.72. The highest BCUT2D eigenvalue weighted by Crippen LogP contribution is 2.41. The largest absolute Gasteiger partial charge is 0.490 e. The SMILES string of the molecule is CC(C)(c1ccc(OCc2ccnc(N3CCC4(CCNCC4)CC3)n2)cc1)c1cc(Cl)c(OCCCl)c(C#N)c1.O=C(O)C(F)(F)F. The smallest absolute Gasteiger partial charge is 0.489 e. The van der Waals surface area contributed by atoms with Gasteiger partial charge in [-0.25, -0.2) is 14.8 Å². The van der Waals surface area contributed by atoms with E-state index in [1.165, 1.54) is 25.7 Å². The van der Waals surface area contributed by atoms with E-state index in [4.69, 9.17) is 47.6 Å². The van der Waals surface area contributed by atoms with Crippen molar-refractivity contribution in [3.05, 3.63) is 76.1 Å². The maximum absolute atomic E-state index is 10.6. The van der Waals surface area contributed by atoms with Crippen molar-refractivity contribution in [1.82, 2.24) is 15.3 Å². The summed E-state index contributed by atoms with van der Waals surface area (Å²) < 4.78 is 43.4. The number of carboxylic acid groups (broad SMARTS) is 1. The van der Waals surface area contributed by atoms with Crippen LogP contribution in [0.3, 0.4) is 0 Å². The molecule has 2 aliphatic heterocycles. The molecule has 1 spiro atoms. The van der Waals surface area contributed by atoms with Gasteiger partial charge in [-0.1, -0.05) is 37.6 Å². The van der Waals surface area contributed by atoms with E-state index in [-0.39, 0.29) is 6.61 Å². The molecule has 0 radical (unpaired) electrons. The number of anilines is 1. The first-order chi connectivity index (χ1) is 22.8. The molecular formula is C34H38Cl2F3N5O4. The number of rotatable bonds is 9. The van der Waals surface area contributed by atoms with Crippen LogP contribution in [0.4, 0.5) is 19.1 Å². The van der Waals surface area contributed by atoms with Gasteiger partial charge >= 0.3 is 12.1 Å². The zero-order valence-corrected chi connectivity index (χ0v) is 28.3. The van der Waals surface area contributed by atoms with Crippen LogP contribution in [0, 0.1) is 16.7 Å². The average molecular weight is 709 g/mol. The highest BCUT2D eigenvalue weighted by atomic mass is 35.5. The van der Waals surface area contributed by atoms with Crippen LogP contribution in [0.1, 0.15) is 61.9 Å². The summed E-state index contributed by atoms with van der Waals surface area (Å²) in [4.78, 5) is 20.6. The van der Waals surface area contributed by atoms with Crippen LogP contribution in [0.2, 0.25) is 5.02 Å². The van der Waals surface area contributed by atoms with Gasteiger partial charge in [0.2, 0.25) is 5.95 Å². The van der Waals surface area contributed by atoms with Gasteiger partial charge in [0.25, 0.3) is 0 Å². The number of nitrogens with zero attached hydrogens (tertiary/aromatic N) is 4. The molecule has 2 saturated heterocycles. The molecule has 0 aliphatic carbocycles. The minimum absolute atomic E-state index is 0.285. The van der Waals surface area contributed by atoms with Crippen LogP contribution in [-0.2, 0) is 16.8 Å². The molecule has 0 saturated carbocycles. The number of benzene rings is 2. The first kappa shape index (κ1) is 37.0. The lowest BCUT2D eigenvalue weighted by Gasteiger charge is -2.44. The zero-order valence-electron chi connectivity index (χ0n) is 26.7. The number of halogens is 5. The lowest BCUT2D eigenvalue weighted by molar-refractivity contribution is -0.192. The Morgan fingerprint density at radius 2 is 1.71 bits per heavy atom. The van der Waals surface area contributed by atoms with E-state index < -0.39 is 17.6 Å². The fourth-order valence-electron chi connectivity index (χ4n) is 5.87. The van der Waals surface area contributed by atoms with Crippen LogP contribution in [-0.4, -0.2) is 65.9 Å². The van der Waals surface area contributed by atoms with Gasteiger partial charge in [0.15, 0.2) is 5.75 Å². The van der Waals surface area contributed by atoms with E-state index in [0.29, 0.717) is 34.2 Å². The summed E-state index contributed by atoms with van der Waals surface area (Å²) >= 11 is 12.3. The number of carboxylic acids is 1. The Balaban J connectivity index is 0.000000671. The summed E-state index contributed by atoms with van der Waals surface area (Å²) in [6.07, 6.45) is 1.70. The molecule has 0 atom stereocenters. The highest BCUT2D eigenvalue weighted by Gasteiger charge is 2.38. The Bertz CT molecular complexity index is 1580. The van der Waals surface area contributed by atoms with Gasteiger partial charge in [-0.2, -0.15) is 18.4 Å². The van der Waals surface area contributed by atoms with Gasteiger partial charge in [-0.15, -0.1) is 11.6 Å². The Hall–Kier alpha value is -3.79. The maximum atomic E-state index is 10.6. The summed E-state index contributed by atoms with van der Waals surface area (Å²) in [5.74, 6) is -0.513. The van der Waals surface area contributed by atoms with Crippen LogP contribution >= 0.6 is 23.2 Å². The van der Waals surface area contributed by atoms with Crippen molar-refractivity contribution < 1.29 is 32.5 Å². The van der Waals surface area contributed by atoms with E-state index >= 15 is 0 Å². The van der Waals surface area contributed by atoms with Gasteiger partial charge in [0.05, 0.1) is 22.2 Å². The summed E-state index contributed by atoms with van der Waals surface area (Å²) in [6.45, 7) is 9.14. The molecule has 48 heavy (non-hydrogen) atoms. The number of ether oxygens (including phenoxy) is 2. The van der Waals surface area contributed by atoms with E-state index in [1.54, 1.807) is 0 Å². The molecule has 0 bridgehead atoms. The molecule has 3 aromatic rings. The van der Waals surface area contributed by atoms with Crippen molar-refractivity contribution in [1.29, 1.82) is 5.26 Å². The number of hydrogen-bond donors (Lipinski definition) is 2. The van der Waals surface area contributed by atoms with Crippen molar-refractivity contribution in [2.45, 2.75) is 57.7 Å². The van der Waals surface area contributed by atoms with E-state index in [9.17, 15) is 18.4 Å². The summed E-state index contributed by atoms with van der Waals surface area (Å²) in [7, 11) is 0. The number of hydrogen-bond acceptors (Lipinski definition) is 8. The fourth-order valence-corrected chi connectivity index (χ4v) is 6.22. The molecule has 5 rings (SSSR count). The molecule has 0 amide bonds. The quantitative estimate of drug-likeness (QED) is 0.224. The number of carbonyl (C=O) groups is 1. The summed E-state index contributed by atoms with van der Waals surface area (Å²) in [5, 5.41) is 20.7. The normalized spacial score (nSPS) is 16.0. The second kappa shape index (κ2) is 16.1. The summed E-state index contributed by atoms with van der Waals surface area (Å²) in [6, 6.07) is 15.8. The molecular weight excluding hydrogens is 670 g/mol. The van der Waals surface area contributed by atoms with Crippen LogP contribution in [0.25, 0.3) is 0 Å². The zero-order chi connectivity index (χ0) is 35.0. The topological polar surface area (TPSA) is 121 Å². The first-order valence-corrected chi connectivity index (χ1v) is 16.4. The molecule has 2 N–H and O–H groups in total. The van der Waals surface area contributed by atoms with Crippen LogP contribution < -0.4 is 19.7 Å². The second-order valence-electron chi connectivity index (χ2n) is 12.3. The van der Waals surface area contributed by atoms with E-state index in [1.807, 2.05) is 48.7 Å².